The molecule has 0 aliphatic carbocycles. The van der Waals surface area contributed by atoms with Crippen molar-refractivity contribution in [1.82, 2.24) is 0 Å². The highest BCUT2D eigenvalue weighted by Crippen LogP contribution is 2.08. The number of aliphatic carboxylic acids is 1. The van der Waals surface area contributed by atoms with E-state index in [0.717, 1.165) is 25.7 Å². The molecule has 0 amide bonds. The molecule has 0 aliphatic rings. The quantitative estimate of drug-likeness (QED) is 0.286. The predicted octanol–water partition coefficient (Wildman–Crippen LogP) is 3.87. The monoisotopic (exact) mass is 282 g/mol. The molecule has 0 rings (SSSR count). The Labute approximate surface area is 121 Å². The van der Waals surface area contributed by atoms with E-state index in [1.54, 1.807) is 13.0 Å². The lowest BCUT2D eigenvalue weighted by Crippen LogP contribution is -2.09. The molecule has 0 aromatic carbocycles. The van der Waals surface area contributed by atoms with Gasteiger partial charge in [-0.15, -0.1) is 0 Å². The van der Waals surface area contributed by atoms with Gasteiger partial charge in [0.05, 0.1) is 6.61 Å². The average Bonchev–Trinajstić information content (AvgIpc) is 2.43. The minimum absolute atomic E-state index is 0.284. The highest BCUT2D eigenvalue weighted by Gasteiger charge is 2.09. The number of hydrogen-bond acceptors (Lipinski definition) is 3. The molecule has 0 saturated carbocycles. The number of hydrogen-bond donors (Lipinski definition) is 1. The topological polar surface area (TPSA) is 63.6 Å². The molecular weight excluding hydrogens is 256 g/mol. The molecule has 20 heavy (non-hydrogen) atoms. The number of carboxylic acids is 1. The molecule has 0 bridgehead atoms. The van der Waals surface area contributed by atoms with E-state index >= 15 is 0 Å². The first kappa shape index (κ1) is 18.4. The molecule has 4 heteroatoms. The zero-order chi connectivity index (χ0) is 15.4. The Balaban J connectivity index is 4.43. The molecule has 0 fully saturated rings. The molecule has 0 aliphatic heterocycles. The zero-order valence-electron chi connectivity index (χ0n) is 12.8. The van der Waals surface area contributed by atoms with Gasteiger partial charge in [0.2, 0.25) is 0 Å². The van der Waals surface area contributed by atoms with Crippen LogP contribution < -0.4 is 0 Å². The Bertz CT molecular complexity index is 367. The maximum Gasteiger partial charge on any atom is 0.333 e. The van der Waals surface area contributed by atoms with Crippen molar-refractivity contribution in [3.63, 3.8) is 0 Å². The van der Waals surface area contributed by atoms with Gasteiger partial charge in [-0.25, -0.2) is 9.59 Å². The van der Waals surface area contributed by atoms with Crippen LogP contribution in [0.4, 0.5) is 0 Å². The third kappa shape index (κ3) is 7.77. The number of unbranched alkanes of at least 4 members (excludes halogenated alkanes) is 3. The van der Waals surface area contributed by atoms with E-state index in [1.165, 1.54) is 6.08 Å². The maximum atomic E-state index is 11.8. The summed E-state index contributed by atoms with van der Waals surface area (Å²) in [6, 6.07) is 0. The molecule has 4 nitrogen and oxygen atoms in total. The van der Waals surface area contributed by atoms with Crippen LogP contribution in [0.3, 0.4) is 0 Å². The van der Waals surface area contributed by atoms with Crippen molar-refractivity contribution in [3.05, 3.63) is 23.3 Å². The Morgan fingerprint density at radius 2 is 1.55 bits per heavy atom. The van der Waals surface area contributed by atoms with Gasteiger partial charge in [-0.2, -0.15) is 0 Å². The molecule has 114 valence electrons. The van der Waals surface area contributed by atoms with Gasteiger partial charge >= 0.3 is 11.9 Å². The van der Waals surface area contributed by atoms with Crippen LogP contribution in [0.15, 0.2) is 23.3 Å². The SMILES string of the molecule is CCCCCCOC(=O)C(=CC=C(CC)C(=O)O)CC. The molecule has 0 heterocycles. The summed E-state index contributed by atoms with van der Waals surface area (Å²) in [5.41, 5.74) is 0.791. The second kappa shape index (κ2) is 11.3. The normalized spacial score (nSPS) is 12.3. The van der Waals surface area contributed by atoms with Gasteiger partial charge in [-0.05, 0) is 19.3 Å². The molecule has 1 N–H and O–H groups in total. The largest absolute Gasteiger partial charge is 0.478 e. The number of allylic oxidation sites excluding steroid dienone is 2. The Hall–Kier alpha value is -1.58. The van der Waals surface area contributed by atoms with Gasteiger partial charge in [0.1, 0.15) is 0 Å². The van der Waals surface area contributed by atoms with Crippen LogP contribution >= 0.6 is 0 Å². The number of carbonyl (C=O) groups excluding carboxylic acids is 1. The fourth-order valence-electron chi connectivity index (χ4n) is 1.66. The maximum absolute atomic E-state index is 11.8. The summed E-state index contributed by atoms with van der Waals surface area (Å²) in [5, 5.41) is 8.91. The van der Waals surface area contributed by atoms with Crippen molar-refractivity contribution >= 4 is 11.9 Å². The number of carboxylic acid groups (broad SMARTS) is 1. The van der Waals surface area contributed by atoms with Gasteiger partial charge in [-0.3, -0.25) is 0 Å². The molecule has 0 aromatic rings. The van der Waals surface area contributed by atoms with E-state index < -0.39 is 5.97 Å². The van der Waals surface area contributed by atoms with Crippen molar-refractivity contribution in [3.8, 4) is 0 Å². The van der Waals surface area contributed by atoms with Gasteiger partial charge in [-0.1, -0.05) is 52.2 Å². The summed E-state index contributed by atoms with van der Waals surface area (Å²) in [5.74, 6) is -1.30. The lowest BCUT2D eigenvalue weighted by atomic mass is 10.1. The molecule has 0 atom stereocenters. The van der Waals surface area contributed by atoms with Gasteiger partial charge in [0, 0.05) is 11.1 Å². The molecular formula is C16H26O4. The first-order valence-corrected chi connectivity index (χ1v) is 7.36. The van der Waals surface area contributed by atoms with Crippen molar-refractivity contribution in [1.29, 1.82) is 0 Å². The van der Waals surface area contributed by atoms with E-state index in [-0.39, 0.29) is 11.5 Å². The molecule has 0 saturated heterocycles. The van der Waals surface area contributed by atoms with Crippen molar-refractivity contribution < 1.29 is 19.4 Å². The van der Waals surface area contributed by atoms with Crippen molar-refractivity contribution in [2.24, 2.45) is 0 Å². The van der Waals surface area contributed by atoms with E-state index in [1.807, 2.05) is 6.92 Å². The molecule has 0 aromatic heterocycles. The second-order valence-electron chi connectivity index (χ2n) is 4.59. The third-order valence-electron chi connectivity index (χ3n) is 3.02. The summed E-state index contributed by atoms with van der Waals surface area (Å²) in [7, 11) is 0. The Morgan fingerprint density at radius 1 is 0.950 bits per heavy atom. The van der Waals surface area contributed by atoms with E-state index in [2.05, 4.69) is 6.92 Å². The fraction of sp³-hybridized carbons (Fsp3) is 0.625. The minimum Gasteiger partial charge on any atom is -0.478 e. The highest BCUT2D eigenvalue weighted by atomic mass is 16.5. The molecule has 0 radical (unpaired) electrons. The van der Waals surface area contributed by atoms with Gasteiger partial charge < -0.3 is 9.84 Å². The van der Waals surface area contributed by atoms with Crippen LogP contribution in [0.25, 0.3) is 0 Å². The fourth-order valence-corrected chi connectivity index (χ4v) is 1.66. The number of esters is 1. The van der Waals surface area contributed by atoms with E-state index in [9.17, 15) is 9.59 Å². The van der Waals surface area contributed by atoms with Gasteiger partial charge in [0.25, 0.3) is 0 Å². The lowest BCUT2D eigenvalue weighted by Gasteiger charge is -2.06. The van der Waals surface area contributed by atoms with Crippen molar-refractivity contribution in [2.75, 3.05) is 6.61 Å². The summed E-state index contributed by atoms with van der Waals surface area (Å²) >= 11 is 0. The first-order valence-electron chi connectivity index (χ1n) is 7.36. The van der Waals surface area contributed by atoms with Crippen LogP contribution in [-0.4, -0.2) is 23.7 Å². The second-order valence-corrected chi connectivity index (χ2v) is 4.59. The lowest BCUT2D eigenvalue weighted by molar-refractivity contribution is -0.139. The summed E-state index contributed by atoms with van der Waals surface area (Å²) in [6.07, 6.45) is 8.23. The molecule has 0 spiro atoms. The third-order valence-corrected chi connectivity index (χ3v) is 3.02. The average molecular weight is 282 g/mol. The predicted molar refractivity (Wildman–Crippen MR) is 79.5 cm³/mol. The van der Waals surface area contributed by atoms with E-state index in [0.29, 0.717) is 25.0 Å². The van der Waals surface area contributed by atoms with Crippen LogP contribution in [0.5, 0.6) is 0 Å². The van der Waals surface area contributed by atoms with Crippen LogP contribution in [0.1, 0.15) is 59.3 Å². The summed E-state index contributed by atoms with van der Waals surface area (Å²) in [6.45, 7) is 6.18. The molecule has 0 unspecified atom stereocenters. The highest BCUT2D eigenvalue weighted by molar-refractivity contribution is 5.90. The minimum atomic E-state index is -0.952. The summed E-state index contributed by atoms with van der Waals surface area (Å²) < 4.78 is 5.18. The van der Waals surface area contributed by atoms with Crippen LogP contribution in [-0.2, 0) is 14.3 Å². The number of carbonyl (C=O) groups is 2. The van der Waals surface area contributed by atoms with Crippen LogP contribution in [0, 0.1) is 0 Å². The first-order chi connectivity index (χ1) is 9.56. The zero-order valence-corrected chi connectivity index (χ0v) is 12.8. The number of ether oxygens (including phenoxy) is 1. The smallest absolute Gasteiger partial charge is 0.333 e. The Morgan fingerprint density at radius 3 is 2.05 bits per heavy atom. The van der Waals surface area contributed by atoms with Crippen LogP contribution in [0.2, 0.25) is 0 Å². The standard InChI is InChI=1S/C16H26O4/c1-4-7-8-9-12-20-16(19)14(6-3)11-10-13(5-2)15(17)18/h10-11H,4-9,12H2,1-3H3,(H,17,18). The van der Waals surface area contributed by atoms with E-state index in [4.69, 9.17) is 9.84 Å². The van der Waals surface area contributed by atoms with Crippen molar-refractivity contribution in [2.45, 2.75) is 59.3 Å². The Kier molecular flexibility index (Phi) is 10.4. The number of rotatable bonds is 10. The summed E-state index contributed by atoms with van der Waals surface area (Å²) in [4.78, 5) is 22.7. The van der Waals surface area contributed by atoms with Gasteiger partial charge in [0.15, 0.2) is 0 Å².